The van der Waals surface area contributed by atoms with Crippen LogP contribution in [0.15, 0.2) is 36.5 Å². The van der Waals surface area contributed by atoms with E-state index >= 15 is 0 Å². The van der Waals surface area contributed by atoms with E-state index in [-0.39, 0.29) is 5.91 Å². The lowest BCUT2D eigenvalue weighted by molar-refractivity contribution is 0.0953. The zero-order chi connectivity index (χ0) is 15.9. The molecule has 1 aromatic heterocycles. The lowest BCUT2D eigenvalue weighted by Gasteiger charge is -2.19. The van der Waals surface area contributed by atoms with Crippen molar-refractivity contribution in [2.45, 2.75) is 32.1 Å². The molecule has 0 spiro atoms. The van der Waals surface area contributed by atoms with E-state index in [1.165, 1.54) is 38.8 Å². The number of para-hydroxylation sites is 1. The number of carbonyl (C=O) groups excluding carboxylic acids is 1. The van der Waals surface area contributed by atoms with Crippen molar-refractivity contribution >= 4 is 16.8 Å². The Morgan fingerprint density at radius 3 is 2.70 bits per heavy atom. The Kier molecular flexibility index (Phi) is 5.59. The van der Waals surface area contributed by atoms with Crippen molar-refractivity contribution in [2.75, 3.05) is 26.2 Å². The van der Waals surface area contributed by atoms with E-state index in [1.54, 1.807) is 6.20 Å². The molecule has 4 heteroatoms. The molecule has 1 aliphatic heterocycles. The molecule has 0 aliphatic carbocycles. The number of rotatable bonds is 5. The lowest BCUT2D eigenvalue weighted by Crippen LogP contribution is -2.30. The van der Waals surface area contributed by atoms with Crippen LogP contribution in [0.25, 0.3) is 10.9 Å². The molecular weight excluding hydrogens is 286 g/mol. The smallest absolute Gasteiger partial charge is 0.253 e. The van der Waals surface area contributed by atoms with Crippen molar-refractivity contribution in [1.29, 1.82) is 0 Å². The molecule has 2 heterocycles. The molecule has 1 aromatic carbocycles. The van der Waals surface area contributed by atoms with Gasteiger partial charge in [-0.05, 0) is 51.0 Å². The number of hydrogen-bond acceptors (Lipinski definition) is 3. The third kappa shape index (κ3) is 4.29. The van der Waals surface area contributed by atoms with E-state index in [0.29, 0.717) is 5.56 Å². The highest BCUT2D eigenvalue weighted by molar-refractivity contribution is 6.05. The summed E-state index contributed by atoms with van der Waals surface area (Å²) >= 11 is 0. The normalized spacial score (nSPS) is 16.2. The number of pyridine rings is 1. The zero-order valence-corrected chi connectivity index (χ0v) is 13.6. The number of nitrogens with zero attached hydrogens (tertiary/aromatic N) is 2. The average Bonchev–Trinajstić information content (AvgIpc) is 2.87. The minimum Gasteiger partial charge on any atom is -0.352 e. The summed E-state index contributed by atoms with van der Waals surface area (Å²) in [5, 5.41) is 4.05. The van der Waals surface area contributed by atoms with Gasteiger partial charge in [0.05, 0.1) is 11.1 Å². The van der Waals surface area contributed by atoms with Crippen LogP contribution in [0.3, 0.4) is 0 Å². The van der Waals surface area contributed by atoms with Gasteiger partial charge >= 0.3 is 0 Å². The maximum Gasteiger partial charge on any atom is 0.253 e. The van der Waals surface area contributed by atoms with E-state index in [2.05, 4.69) is 15.2 Å². The Bertz CT molecular complexity index is 643. The molecule has 1 aliphatic rings. The van der Waals surface area contributed by atoms with Crippen LogP contribution in [0.4, 0.5) is 0 Å². The molecule has 4 nitrogen and oxygen atoms in total. The Morgan fingerprint density at radius 1 is 1.09 bits per heavy atom. The van der Waals surface area contributed by atoms with Crippen LogP contribution in [0.2, 0.25) is 0 Å². The second-order valence-electron chi connectivity index (χ2n) is 6.25. The number of likely N-dealkylation sites (tertiary alicyclic amines) is 1. The second-order valence-corrected chi connectivity index (χ2v) is 6.25. The van der Waals surface area contributed by atoms with Crippen LogP contribution < -0.4 is 5.32 Å². The minimum absolute atomic E-state index is 0.0230. The van der Waals surface area contributed by atoms with Gasteiger partial charge < -0.3 is 10.2 Å². The number of fused-ring (bicyclic) bond motifs is 1. The van der Waals surface area contributed by atoms with Crippen LogP contribution in [0.5, 0.6) is 0 Å². The molecule has 122 valence electrons. The standard InChI is InChI=1S/C19H25N3O/c23-19(17-10-5-8-16-9-6-11-20-18(16)17)21-12-7-15-22-13-3-1-2-4-14-22/h5-6,8-11H,1-4,7,12-15H2,(H,21,23). The molecule has 0 unspecified atom stereocenters. The molecule has 3 rings (SSSR count). The molecular formula is C19H25N3O. The van der Waals surface area contributed by atoms with Crippen LogP contribution in [-0.2, 0) is 0 Å². The number of benzene rings is 1. The molecule has 0 bridgehead atoms. The van der Waals surface area contributed by atoms with Crippen LogP contribution in [-0.4, -0.2) is 42.0 Å². The summed E-state index contributed by atoms with van der Waals surface area (Å²) in [6, 6.07) is 9.62. The van der Waals surface area contributed by atoms with Gasteiger partial charge in [0.1, 0.15) is 0 Å². The van der Waals surface area contributed by atoms with Gasteiger partial charge in [0.2, 0.25) is 0 Å². The Labute approximate surface area is 137 Å². The van der Waals surface area contributed by atoms with Gasteiger partial charge in [0.15, 0.2) is 0 Å². The first kappa shape index (κ1) is 15.9. The molecule has 0 saturated carbocycles. The highest BCUT2D eigenvalue weighted by Crippen LogP contribution is 2.15. The Morgan fingerprint density at radius 2 is 1.87 bits per heavy atom. The summed E-state index contributed by atoms with van der Waals surface area (Å²) < 4.78 is 0. The fourth-order valence-electron chi connectivity index (χ4n) is 3.25. The molecule has 23 heavy (non-hydrogen) atoms. The number of amides is 1. The van der Waals surface area contributed by atoms with Crippen LogP contribution in [0, 0.1) is 0 Å². The first-order valence-corrected chi connectivity index (χ1v) is 8.69. The van der Waals surface area contributed by atoms with E-state index < -0.39 is 0 Å². The second kappa shape index (κ2) is 8.06. The number of nitrogens with one attached hydrogen (secondary N) is 1. The lowest BCUT2D eigenvalue weighted by atomic mass is 10.1. The molecule has 1 amide bonds. The van der Waals surface area contributed by atoms with Crippen molar-refractivity contribution in [1.82, 2.24) is 15.2 Å². The van der Waals surface area contributed by atoms with Gasteiger partial charge in [-0.25, -0.2) is 0 Å². The van der Waals surface area contributed by atoms with Crippen molar-refractivity contribution in [3.8, 4) is 0 Å². The number of carbonyl (C=O) groups is 1. The molecule has 0 atom stereocenters. The maximum atomic E-state index is 12.4. The van der Waals surface area contributed by atoms with Crippen molar-refractivity contribution in [3.63, 3.8) is 0 Å². The predicted octanol–water partition coefficient (Wildman–Crippen LogP) is 3.23. The summed E-state index contributed by atoms with van der Waals surface area (Å²) in [5.41, 5.74) is 1.44. The summed E-state index contributed by atoms with van der Waals surface area (Å²) in [7, 11) is 0. The van der Waals surface area contributed by atoms with E-state index in [9.17, 15) is 4.79 Å². The predicted molar refractivity (Wildman–Crippen MR) is 93.6 cm³/mol. The molecule has 0 radical (unpaired) electrons. The minimum atomic E-state index is -0.0230. The van der Waals surface area contributed by atoms with Gasteiger partial charge in [-0.2, -0.15) is 0 Å². The van der Waals surface area contributed by atoms with E-state index in [1.807, 2.05) is 30.3 Å². The van der Waals surface area contributed by atoms with Gasteiger partial charge in [-0.3, -0.25) is 9.78 Å². The third-order valence-corrected chi connectivity index (χ3v) is 4.51. The average molecular weight is 311 g/mol. The molecule has 1 saturated heterocycles. The first-order chi connectivity index (χ1) is 11.3. The SMILES string of the molecule is O=C(NCCCN1CCCCCC1)c1cccc2cccnc12. The fourth-order valence-corrected chi connectivity index (χ4v) is 3.25. The maximum absolute atomic E-state index is 12.4. The van der Waals surface area contributed by atoms with Crippen LogP contribution >= 0.6 is 0 Å². The highest BCUT2D eigenvalue weighted by atomic mass is 16.1. The topological polar surface area (TPSA) is 45.2 Å². The molecule has 1 fully saturated rings. The Hall–Kier alpha value is -1.94. The van der Waals surface area contributed by atoms with Crippen molar-refractivity contribution in [2.24, 2.45) is 0 Å². The van der Waals surface area contributed by atoms with Gasteiger partial charge in [-0.15, -0.1) is 0 Å². The van der Waals surface area contributed by atoms with Crippen molar-refractivity contribution < 1.29 is 4.79 Å². The van der Waals surface area contributed by atoms with E-state index in [0.717, 1.165) is 30.4 Å². The third-order valence-electron chi connectivity index (χ3n) is 4.51. The summed E-state index contributed by atoms with van der Waals surface area (Å²) in [6.45, 7) is 4.22. The fraction of sp³-hybridized carbons (Fsp3) is 0.474. The van der Waals surface area contributed by atoms with Crippen molar-refractivity contribution in [3.05, 3.63) is 42.1 Å². The van der Waals surface area contributed by atoms with Gasteiger partial charge in [0, 0.05) is 18.1 Å². The first-order valence-electron chi connectivity index (χ1n) is 8.69. The van der Waals surface area contributed by atoms with E-state index in [4.69, 9.17) is 0 Å². The molecule has 2 aromatic rings. The Balaban J connectivity index is 1.51. The summed E-state index contributed by atoms with van der Waals surface area (Å²) in [5.74, 6) is -0.0230. The zero-order valence-electron chi connectivity index (χ0n) is 13.6. The monoisotopic (exact) mass is 311 g/mol. The summed E-state index contributed by atoms with van der Waals surface area (Å²) in [6.07, 6.45) is 8.09. The largest absolute Gasteiger partial charge is 0.352 e. The number of aromatic nitrogens is 1. The quantitative estimate of drug-likeness (QED) is 0.862. The van der Waals surface area contributed by atoms with Crippen LogP contribution in [0.1, 0.15) is 42.5 Å². The van der Waals surface area contributed by atoms with Gasteiger partial charge in [-0.1, -0.05) is 31.0 Å². The van der Waals surface area contributed by atoms with Gasteiger partial charge in [0.25, 0.3) is 5.91 Å². The number of hydrogen-bond donors (Lipinski definition) is 1. The molecule has 1 N–H and O–H groups in total. The summed E-state index contributed by atoms with van der Waals surface area (Å²) in [4.78, 5) is 19.3. The highest BCUT2D eigenvalue weighted by Gasteiger charge is 2.11.